The SMILES string of the molecule is COc1ccc2[nH]cc(CC(=O)N[C@@H](CCCCN)C(=O)Nc3ccc(C(c4ccc(NC(=O)[C@H](CCCCN)NC(=O)Cc5c[nH]c6ccc(OC)cc56)cc4)c4ccc(NC(=O)[C@H](CCCCN)NC(=O)Cc5c[nH]c6ccc(OC)cc56)cc4)cc3)c2c1. The summed E-state index contributed by atoms with van der Waals surface area (Å²) < 4.78 is 16.3. The molecule has 6 aromatic carbocycles. The minimum atomic E-state index is -0.843. The van der Waals surface area contributed by atoms with Crippen LogP contribution in [0.4, 0.5) is 17.1 Å². The molecule has 0 unspecified atom stereocenters. The fourth-order valence-electron chi connectivity index (χ4n) is 11.4. The Morgan fingerprint density at radius 1 is 0.385 bits per heavy atom. The highest BCUT2D eigenvalue weighted by Gasteiger charge is 2.26. The number of aromatic amines is 3. The average molecular weight is 1240 g/mol. The first kappa shape index (κ1) is 65.5. The van der Waals surface area contributed by atoms with Crippen LogP contribution in [0, 0.1) is 0 Å². The Bertz CT molecular complexity index is 3530. The van der Waals surface area contributed by atoms with Crippen LogP contribution in [0.2, 0.25) is 0 Å². The van der Waals surface area contributed by atoms with Crippen LogP contribution in [0.3, 0.4) is 0 Å². The van der Waals surface area contributed by atoms with Gasteiger partial charge in [0.25, 0.3) is 0 Å². The van der Waals surface area contributed by atoms with Gasteiger partial charge in [0.05, 0.1) is 40.6 Å². The lowest BCUT2D eigenvalue weighted by Gasteiger charge is -2.22. The van der Waals surface area contributed by atoms with Crippen LogP contribution in [-0.2, 0) is 48.0 Å². The van der Waals surface area contributed by atoms with Gasteiger partial charge in [-0.15, -0.1) is 0 Å². The number of hydrogen-bond acceptors (Lipinski definition) is 12. The molecular formula is C70H82N12O9. The average Bonchev–Trinajstić information content (AvgIpc) is 1.78. The third-order valence-electron chi connectivity index (χ3n) is 16.3. The lowest BCUT2D eigenvalue weighted by Crippen LogP contribution is -2.44. The van der Waals surface area contributed by atoms with E-state index in [1.54, 1.807) is 39.9 Å². The molecule has 476 valence electrons. The summed E-state index contributed by atoms with van der Waals surface area (Å²) in [5.41, 5.74) is 26.5. The van der Waals surface area contributed by atoms with E-state index in [0.29, 0.717) is 112 Å². The summed E-state index contributed by atoms with van der Waals surface area (Å²) in [5, 5.41) is 20.6. The summed E-state index contributed by atoms with van der Waals surface area (Å²) in [6, 6.07) is 36.7. The molecule has 0 aliphatic carbocycles. The van der Waals surface area contributed by atoms with Gasteiger partial charge in [0.2, 0.25) is 35.4 Å². The van der Waals surface area contributed by atoms with Gasteiger partial charge in [-0.05, 0) is 202 Å². The van der Waals surface area contributed by atoms with Gasteiger partial charge in [-0.3, -0.25) is 28.8 Å². The van der Waals surface area contributed by atoms with Crippen LogP contribution in [0.25, 0.3) is 32.7 Å². The predicted octanol–water partition coefficient (Wildman–Crippen LogP) is 8.72. The molecule has 3 heterocycles. The summed E-state index contributed by atoms with van der Waals surface area (Å²) >= 11 is 0. The zero-order valence-corrected chi connectivity index (χ0v) is 51.7. The van der Waals surface area contributed by atoms with Crippen molar-refractivity contribution in [1.29, 1.82) is 0 Å². The fraction of sp³-hybridized carbons (Fsp3) is 0.314. The summed E-state index contributed by atoms with van der Waals surface area (Å²) in [5.74, 6) is -0.486. The van der Waals surface area contributed by atoms with Crippen molar-refractivity contribution in [3.63, 3.8) is 0 Å². The van der Waals surface area contributed by atoms with Gasteiger partial charge in [-0.2, -0.15) is 0 Å². The number of carbonyl (C=O) groups is 6. The lowest BCUT2D eigenvalue weighted by molar-refractivity contribution is -0.126. The molecule has 0 fully saturated rings. The van der Waals surface area contributed by atoms with E-state index >= 15 is 0 Å². The van der Waals surface area contributed by atoms with Crippen LogP contribution in [0.5, 0.6) is 17.2 Å². The standard InChI is InChI=1S/C70H82N12O9/c1-89-52-25-28-58-55(37-52)46(40-74-58)34-64(83)80-61(10-4-7-31-71)68(86)77-49-19-13-43(14-20-49)67(44-15-21-50(22-16-44)78-69(87)62(11-5-8-32-72)81-65(84)35-47-41-75-59-29-26-53(90-2)38-56(47)59)45-17-23-51(24-18-45)79-70(88)63(12-6-9-33-73)82-66(85)36-48-42-76-60-30-27-54(91-3)39-57(48)60/h13-30,37-42,61-63,67,74-76H,4-12,31-36,71-73H2,1-3H3,(H,77,86)(H,78,87)(H,79,88)(H,80,83)(H,81,84)(H,82,85)/t61-,62-,63-/m0/s1. The molecule has 91 heavy (non-hydrogen) atoms. The van der Waals surface area contributed by atoms with E-state index in [2.05, 4.69) is 46.9 Å². The first-order valence-corrected chi connectivity index (χ1v) is 30.9. The molecule has 9 rings (SSSR count). The molecule has 0 radical (unpaired) electrons. The normalized spacial score (nSPS) is 12.3. The molecule has 0 spiro atoms. The fourth-order valence-corrected chi connectivity index (χ4v) is 11.4. The Kier molecular flexibility index (Phi) is 23.0. The number of fused-ring (bicyclic) bond motifs is 3. The summed E-state index contributed by atoms with van der Waals surface area (Å²) in [7, 11) is 4.76. The Morgan fingerprint density at radius 2 is 0.659 bits per heavy atom. The van der Waals surface area contributed by atoms with E-state index in [1.165, 1.54) is 0 Å². The van der Waals surface area contributed by atoms with Crippen LogP contribution in [0.15, 0.2) is 146 Å². The summed E-state index contributed by atoms with van der Waals surface area (Å²) in [4.78, 5) is 92.8. The minimum absolute atomic E-state index is 0.0422. The number of hydrogen-bond donors (Lipinski definition) is 12. The van der Waals surface area contributed by atoms with Gasteiger partial charge in [0, 0.05) is 74.3 Å². The number of unbranched alkanes of at least 4 members (excludes halogenated alkanes) is 3. The van der Waals surface area contributed by atoms with Crippen molar-refractivity contribution < 1.29 is 43.0 Å². The molecule has 0 aliphatic rings. The topological polar surface area (TPSA) is 328 Å². The Hall–Kier alpha value is -9.96. The molecular weight excluding hydrogens is 1150 g/mol. The molecule has 9 aromatic rings. The van der Waals surface area contributed by atoms with Crippen molar-refractivity contribution in [2.75, 3.05) is 56.9 Å². The van der Waals surface area contributed by atoms with Crippen molar-refractivity contribution in [3.8, 4) is 17.2 Å². The van der Waals surface area contributed by atoms with E-state index < -0.39 is 24.0 Å². The van der Waals surface area contributed by atoms with E-state index in [9.17, 15) is 28.8 Å². The smallest absolute Gasteiger partial charge is 0.246 e. The third kappa shape index (κ3) is 17.5. The van der Waals surface area contributed by atoms with Crippen molar-refractivity contribution in [2.45, 2.75) is 101 Å². The van der Waals surface area contributed by atoms with Gasteiger partial charge in [0.15, 0.2) is 0 Å². The lowest BCUT2D eigenvalue weighted by atomic mass is 9.85. The maximum absolute atomic E-state index is 14.1. The number of anilines is 3. The number of H-pyrrole nitrogens is 3. The van der Waals surface area contributed by atoms with Crippen LogP contribution in [0.1, 0.15) is 97.1 Å². The minimum Gasteiger partial charge on any atom is -0.497 e. The number of methoxy groups -OCH3 is 3. The molecule has 21 nitrogen and oxygen atoms in total. The molecule has 21 heteroatoms. The van der Waals surface area contributed by atoms with E-state index in [-0.39, 0.29) is 54.7 Å². The summed E-state index contributed by atoms with van der Waals surface area (Å²) in [6.07, 6.45) is 10.5. The number of aromatic nitrogens is 3. The highest BCUT2D eigenvalue weighted by Crippen LogP contribution is 2.35. The quantitative estimate of drug-likeness (QED) is 0.0136. The van der Waals surface area contributed by atoms with Crippen molar-refractivity contribution >= 4 is 85.2 Å². The first-order valence-electron chi connectivity index (χ1n) is 30.9. The predicted molar refractivity (Wildman–Crippen MR) is 356 cm³/mol. The molecule has 3 aromatic heterocycles. The highest BCUT2D eigenvalue weighted by molar-refractivity contribution is 6.00. The second kappa shape index (κ2) is 32.0. The van der Waals surface area contributed by atoms with Crippen molar-refractivity contribution in [1.82, 2.24) is 30.9 Å². The highest BCUT2D eigenvalue weighted by atomic mass is 16.5. The number of amides is 6. The largest absolute Gasteiger partial charge is 0.497 e. The Morgan fingerprint density at radius 3 is 0.912 bits per heavy atom. The first-order chi connectivity index (χ1) is 44.3. The number of ether oxygens (including phenoxy) is 3. The van der Waals surface area contributed by atoms with Gasteiger partial charge < -0.3 is 78.3 Å². The Balaban J connectivity index is 0.931. The molecule has 0 saturated heterocycles. The van der Waals surface area contributed by atoms with Crippen LogP contribution >= 0.6 is 0 Å². The van der Waals surface area contributed by atoms with Crippen LogP contribution in [-0.4, -0.2) is 109 Å². The van der Waals surface area contributed by atoms with Gasteiger partial charge >= 0.3 is 0 Å². The molecule has 0 aliphatic heterocycles. The number of benzene rings is 6. The van der Waals surface area contributed by atoms with Gasteiger partial charge in [0.1, 0.15) is 35.4 Å². The zero-order chi connectivity index (χ0) is 64.2. The second-order valence-corrected chi connectivity index (χ2v) is 22.7. The number of nitrogens with one attached hydrogen (secondary N) is 9. The summed E-state index contributed by atoms with van der Waals surface area (Å²) in [6.45, 7) is 1.33. The van der Waals surface area contributed by atoms with E-state index in [4.69, 9.17) is 31.4 Å². The molecule has 0 saturated carbocycles. The van der Waals surface area contributed by atoms with Gasteiger partial charge in [-0.25, -0.2) is 0 Å². The molecule has 6 amide bonds. The van der Waals surface area contributed by atoms with E-state index in [0.717, 1.165) is 66.1 Å². The maximum atomic E-state index is 14.1. The number of rotatable bonds is 33. The number of nitrogens with two attached hydrogens (primary N) is 3. The maximum Gasteiger partial charge on any atom is 0.246 e. The van der Waals surface area contributed by atoms with Crippen molar-refractivity contribution in [3.05, 3.63) is 179 Å². The molecule has 15 N–H and O–H groups in total. The van der Waals surface area contributed by atoms with Gasteiger partial charge in [-0.1, -0.05) is 36.4 Å². The van der Waals surface area contributed by atoms with Crippen molar-refractivity contribution in [2.24, 2.45) is 17.2 Å². The Labute approximate surface area is 528 Å². The second-order valence-electron chi connectivity index (χ2n) is 22.7. The molecule has 0 bridgehead atoms. The number of carbonyl (C=O) groups excluding carboxylic acids is 6. The third-order valence-corrected chi connectivity index (χ3v) is 16.3. The zero-order valence-electron chi connectivity index (χ0n) is 51.7. The molecule has 3 atom stereocenters. The van der Waals surface area contributed by atoms with E-state index in [1.807, 2.05) is 127 Å². The van der Waals surface area contributed by atoms with Crippen LogP contribution < -0.4 is 63.3 Å². The monoisotopic (exact) mass is 1230 g/mol.